The van der Waals surface area contributed by atoms with Crippen molar-refractivity contribution in [3.8, 4) is 22.0 Å². The molecule has 1 saturated heterocycles. The number of ether oxygens (including phenoxy) is 1. The van der Waals surface area contributed by atoms with Gasteiger partial charge in [0.2, 0.25) is 0 Å². The maximum atomic E-state index is 11.6. The van der Waals surface area contributed by atoms with Crippen molar-refractivity contribution in [2.45, 2.75) is 0 Å². The molecular formula is C16H12N4O2S. The van der Waals surface area contributed by atoms with E-state index in [0.29, 0.717) is 13.2 Å². The molecule has 0 unspecified atom stereocenters. The molecule has 0 spiro atoms. The van der Waals surface area contributed by atoms with Crippen molar-refractivity contribution in [3.05, 3.63) is 48.2 Å². The molecule has 0 bridgehead atoms. The van der Waals surface area contributed by atoms with Crippen molar-refractivity contribution in [1.82, 2.24) is 15.0 Å². The van der Waals surface area contributed by atoms with E-state index in [0.717, 1.165) is 27.6 Å². The number of hydrogen-bond donors (Lipinski definition) is 0. The lowest BCUT2D eigenvalue weighted by Gasteiger charge is -2.12. The third-order valence-corrected chi connectivity index (χ3v) is 4.39. The summed E-state index contributed by atoms with van der Waals surface area (Å²) in [4.78, 5) is 26.1. The number of carbonyl (C=O) groups is 1. The molecular weight excluding hydrogens is 312 g/mol. The normalized spacial score (nSPS) is 14.1. The summed E-state index contributed by atoms with van der Waals surface area (Å²) in [6.45, 7) is 1.03. The average Bonchev–Trinajstić information content (AvgIpc) is 3.25. The Bertz CT molecular complexity index is 833. The van der Waals surface area contributed by atoms with Crippen molar-refractivity contribution < 1.29 is 9.53 Å². The van der Waals surface area contributed by atoms with Crippen LogP contribution in [-0.2, 0) is 4.74 Å². The number of cyclic esters (lactones) is 1. The van der Waals surface area contributed by atoms with Crippen LogP contribution in [0.3, 0.4) is 0 Å². The summed E-state index contributed by atoms with van der Waals surface area (Å²) in [7, 11) is 0. The molecule has 4 rings (SSSR count). The SMILES string of the molecule is O=C1OCCN1c1ccc(-c2csc(-c3cnccn3)n2)cc1. The lowest BCUT2D eigenvalue weighted by molar-refractivity contribution is 0.181. The molecule has 7 heteroatoms. The highest BCUT2D eigenvalue weighted by Gasteiger charge is 2.23. The third-order valence-electron chi connectivity index (χ3n) is 3.52. The van der Waals surface area contributed by atoms with Crippen molar-refractivity contribution in [1.29, 1.82) is 0 Å². The molecule has 1 aliphatic heterocycles. The van der Waals surface area contributed by atoms with E-state index in [2.05, 4.69) is 15.0 Å². The predicted octanol–water partition coefficient (Wildman–Crippen LogP) is 3.22. The quantitative estimate of drug-likeness (QED) is 0.740. The second-order valence-corrected chi connectivity index (χ2v) is 5.80. The summed E-state index contributed by atoms with van der Waals surface area (Å²) in [6.07, 6.45) is 4.70. The van der Waals surface area contributed by atoms with Gasteiger partial charge in [-0.25, -0.2) is 9.78 Å². The molecule has 0 saturated carbocycles. The first-order chi connectivity index (χ1) is 11.3. The maximum absolute atomic E-state index is 11.6. The fourth-order valence-corrected chi connectivity index (χ4v) is 3.16. The molecule has 0 N–H and O–H groups in total. The fourth-order valence-electron chi connectivity index (χ4n) is 2.37. The largest absolute Gasteiger partial charge is 0.447 e. The number of nitrogens with zero attached hydrogens (tertiary/aromatic N) is 4. The summed E-state index contributed by atoms with van der Waals surface area (Å²) in [5.74, 6) is 0. The Kier molecular flexibility index (Phi) is 3.47. The molecule has 3 aromatic rings. The van der Waals surface area contributed by atoms with E-state index >= 15 is 0 Å². The lowest BCUT2D eigenvalue weighted by Crippen LogP contribution is -2.23. The van der Waals surface area contributed by atoms with E-state index in [4.69, 9.17) is 4.74 Å². The molecule has 1 amide bonds. The molecule has 6 nitrogen and oxygen atoms in total. The number of anilines is 1. The molecule has 2 aromatic heterocycles. The van der Waals surface area contributed by atoms with Gasteiger partial charge in [-0.2, -0.15) is 0 Å². The minimum atomic E-state index is -0.295. The van der Waals surface area contributed by atoms with Crippen molar-refractivity contribution >= 4 is 23.1 Å². The van der Waals surface area contributed by atoms with Crippen LogP contribution in [0.5, 0.6) is 0 Å². The Morgan fingerprint density at radius 2 is 2.00 bits per heavy atom. The van der Waals surface area contributed by atoms with Crippen molar-refractivity contribution in [2.24, 2.45) is 0 Å². The van der Waals surface area contributed by atoms with Gasteiger partial charge in [0.25, 0.3) is 0 Å². The zero-order valence-electron chi connectivity index (χ0n) is 12.0. The van der Waals surface area contributed by atoms with E-state index in [1.807, 2.05) is 29.6 Å². The predicted molar refractivity (Wildman–Crippen MR) is 87.3 cm³/mol. The minimum absolute atomic E-state index is 0.295. The second-order valence-electron chi connectivity index (χ2n) is 4.94. The monoisotopic (exact) mass is 324 g/mol. The first-order valence-electron chi connectivity index (χ1n) is 7.08. The van der Waals surface area contributed by atoms with Crippen LogP contribution in [0.2, 0.25) is 0 Å². The van der Waals surface area contributed by atoms with Gasteiger partial charge in [-0.05, 0) is 12.1 Å². The summed E-state index contributed by atoms with van der Waals surface area (Å²) < 4.78 is 4.95. The zero-order chi connectivity index (χ0) is 15.6. The van der Waals surface area contributed by atoms with Crippen molar-refractivity contribution in [2.75, 3.05) is 18.1 Å². The van der Waals surface area contributed by atoms with Gasteiger partial charge in [0, 0.05) is 29.0 Å². The Hall–Kier alpha value is -2.80. The lowest BCUT2D eigenvalue weighted by atomic mass is 10.1. The molecule has 0 atom stereocenters. The maximum Gasteiger partial charge on any atom is 0.414 e. The molecule has 1 aliphatic rings. The molecule has 3 heterocycles. The number of hydrogen-bond acceptors (Lipinski definition) is 6. The number of benzene rings is 1. The average molecular weight is 324 g/mol. The second kappa shape index (κ2) is 5.77. The smallest absolute Gasteiger partial charge is 0.414 e. The number of carbonyl (C=O) groups excluding carboxylic acids is 1. The third kappa shape index (κ3) is 2.66. The number of amides is 1. The van der Waals surface area contributed by atoms with E-state index in [9.17, 15) is 4.79 Å². The standard InChI is InChI=1S/C16H12N4O2S/c21-16-20(7-8-22-16)12-3-1-11(2-4-12)14-10-23-15(19-14)13-9-17-5-6-18-13/h1-6,9-10H,7-8H2. The Morgan fingerprint density at radius 3 is 2.70 bits per heavy atom. The summed E-state index contributed by atoms with van der Waals surface area (Å²) in [5, 5.41) is 2.82. The Morgan fingerprint density at radius 1 is 1.13 bits per heavy atom. The highest BCUT2D eigenvalue weighted by Crippen LogP contribution is 2.29. The summed E-state index contributed by atoms with van der Waals surface area (Å²) >= 11 is 1.53. The van der Waals surface area contributed by atoms with Crippen LogP contribution in [0.25, 0.3) is 22.0 Å². The van der Waals surface area contributed by atoms with Crippen LogP contribution in [-0.4, -0.2) is 34.2 Å². The van der Waals surface area contributed by atoms with Crippen molar-refractivity contribution in [3.63, 3.8) is 0 Å². The van der Waals surface area contributed by atoms with E-state index in [-0.39, 0.29) is 6.09 Å². The van der Waals surface area contributed by atoms with Gasteiger partial charge in [-0.15, -0.1) is 11.3 Å². The Balaban J connectivity index is 1.59. The van der Waals surface area contributed by atoms with Crippen LogP contribution in [0.1, 0.15) is 0 Å². The molecule has 0 radical (unpaired) electrons. The molecule has 0 aliphatic carbocycles. The number of thiazole rings is 1. The van der Waals surface area contributed by atoms with Gasteiger partial charge in [0.1, 0.15) is 17.3 Å². The van der Waals surface area contributed by atoms with E-state index < -0.39 is 0 Å². The topological polar surface area (TPSA) is 68.2 Å². The first kappa shape index (κ1) is 13.8. The highest BCUT2D eigenvalue weighted by atomic mass is 32.1. The number of rotatable bonds is 3. The molecule has 1 fully saturated rings. The molecule has 114 valence electrons. The minimum Gasteiger partial charge on any atom is -0.447 e. The highest BCUT2D eigenvalue weighted by molar-refractivity contribution is 7.13. The van der Waals surface area contributed by atoms with E-state index in [1.165, 1.54) is 11.3 Å². The Labute approximate surface area is 136 Å². The zero-order valence-corrected chi connectivity index (χ0v) is 12.9. The summed E-state index contributed by atoms with van der Waals surface area (Å²) in [5.41, 5.74) is 3.47. The van der Waals surface area contributed by atoms with Gasteiger partial charge in [-0.1, -0.05) is 12.1 Å². The fraction of sp³-hybridized carbons (Fsp3) is 0.125. The van der Waals surface area contributed by atoms with E-state index in [1.54, 1.807) is 23.5 Å². The van der Waals surface area contributed by atoms with Gasteiger partial charge in [0.05, 0.1) is 18.4 Å². The molecule has 1 aromatic carbocycles. The van der Waals surface area contributed by atoms with Gasteiger partial charge in [-0.3, -0.25) is 14.9 Å². The van der Waals surface area contributed by atoms with Gasteiger partial charge in [0.15, 0.2) is 0 Å². The van der Waals surface area contributed by atoms with Crippen LogP contribution < -0.4 is 4.90 Å². The van der Waals surface area contributed by atoms with Crippen LogP contribution in [0.4, 0.5) is 10.5 Å². The summed E-state index contributed by atoms with van der Waals surface area (Å²) in [6, 6.07) is 7.72. The van der Waals surface area contributed by atoms with Gasteiger partial charge < -0.3 is 4.74 Å². The van der Waals surface area contributed by atoms with Gasteiger partial charge >= 0.3 is 6.09 Å². The van der Waals surface area contributed by atoms with Crippen LogP contribution in [0, 0.1) is 0 Å². The molecule has 23 heavy (non-hydrogen) atoms. The first-order valence-corrected chi connectivity index (χ1v) is 7.96. The van der Waals surface area contributed by atoms with Crippen LogP contribution in [0.15, 0.2) is 48.2 Å². The number of aromatic nitrogens is 3. The van der Waals surface area contributed by atoms with Crippen LogP contribution >= 0.6 is 11.3 Å².